The monoisotopic (exact) mass is 264 g/mol. The summed E-state index contributed by atoms with van der Waals surface area (Å²) in [5, 5.41) is 5.45. The Hall–Kier alpha value is -0.990. The van der Waals surface area contributed by atoms with Crippen LogP contribution in [0.2, 0.25) is 5.02 Å². The molecule has 0 atom stereocenters. The molecule has 0 aliphatic carbocycles. The van der Waals surface area contributed by atoms with Crippen LogP contribution < -0.4 is 5.32 Å². The zero-order valence-electron chi connectivity index (χ0n) is 11.1. The van der Waals surface area contributed by atoms with Crippen LogP contribution in [-0.4, -0.2) is 17.7 Å². The van der Waals surface area contributed by atoms with Gasteiger partial charge < -0.3 is 9.88 Å². The molecule has 0 spiro atoms. The maximum atomic E-state index is 6.16. The summed E-state index contributed by atoms with van der Waals surface area (Å²) in [6.45, 7) is 7.59. The minimum atomic E-state index is 0.767. The fourth-order valence-electron chi connectivity index (χ4n) is 2.10. The van der Waals surface area contributed by atoms with Crippen LogP contribution >= 0.6 is 11.6 Å². The van der Waals surface area contributed by atoms with Crippen molar-refractivity contribution < 1.29 is 0 Å². The largest absolute Gasteiger partial charge is 0.346 e. The molecule has 1 aromatic heterocycles. The van der Waals surface area contributed by atoms with Gasteiger partial charge in [0.2, 0.25) is 0 Å². The summed E-state index contributed by atoms with van der Waals surface area (Å²) in [4.78, 5) is 0. The first-order valence-corrected chi connectivity index (χ1v) is 7.00. The lowest BCUT2D eigenvalue weighted by atomic mass is 10.1. The lowest BCUT2D eigenvalue weighted by Crippen LogP contribution is -2.21. The van der Waals surface area contributed by atoms with Crippen molar-refractivity contribution in [3.05, 3.63) is 35.5 Å². The first-order valence-electron chi connectivity index (χ1n) is 6.62. The average molecular weight is 265 g/mol. The Bertz CT molecular complexity index is 502. The number of nitrogens with zero attached hydrogens (tertiary/aromatic N) is 1. The number of nitrogens with one attached hydrogen (secondary N) is 1. The van der Waals surface area contributed by atoms with Crippen LogP contribution in [0.1, 0.15) is 20.3 Å². The smallest absolute Gasteiger partial charge is 0.0499 e. The molecule has 3 heteroatoms. The highest BCUT2D eigenvalue weighted by Gasteiger charge is 2.03. The molecular weight excluding hydrogens is 244 g/mol. The Kier molecular flexibility index (Phi) is 4.67. The third-order valence-electron chi connectivity index (χ3n) is 3.19. The van der Waals surface area contributed by atoms with Crippen LogP contribution in [0.5, 0.6) is 0 Å². The van der Waals surface area contributed by atoms with Gasteiger partial charge in [0.1, 0.15) is 0 Å². The molecule has 0 bridgehead atoms. The van der Waals surface area contributed by atoms with Crippen molar-refractivity contribution in [2.24, 2.45) is 5.92 Å². The van der Waals surface area contributed by atoms with Gasteiger partial charge in [-0.1, -0.05) is 31.5 Å². The van der Waals surface area contributed by atoms with Crippen LogP contribution in [0.15, 0.2) is 30.5 Å². The molecule has 2 rings (SSSR count). The normalized spacial score (nSPS) is 11.6. The van der Waals surface area contributed by atoms with Crippen molar-refractivity contribution in [2.75, 3.05) is 13.1 Å². The number of hydrogen-bond donors (Lipinski definition) is 1. The van der Waals surface area contributed by atoms with Crippen LogP contribution in [0.4, 0.5) is 0 Å². The molecule has 0 saturated heterocycles. The highest BCUT2D eigenvalue weighted by atomic mass is 35.5. The number of hydrogen-bond acceptors (Lipinski definition) is 1. The molecule has 1 N–H and O–H groups in total. The van der Waals surface area contributed by atoms with Gasteiger partial charge in [-0.25, -0.2) is 0 Å². The summed E-state index contributed by atoms with van der Waals surface area (Å²) in [6.07, 6.45) is 3.35. The second-order valence-electron chi connectivity index (χ2n) is 5.11. The maximum Gasteiger partial charge on any atom is 0.0499 e. The van der Waals surface area contributed by atoms with Gasteiger partial charge in [0.25, 0.3) is 0 Å². The Morgan fingerprint density at radius 1 is 1.22 bits per heavy atom. The predicted octanol–water partition coefficient (Wildman–Crippen LogP) is 3.93. The molecule has 0 unspecified atom stereocenters. The van der Waals surface area contributed by atoms with Gasteiger partial charge in [-0.3, -0.25) is 0 Å². The van der Waals surface area contributed by atoms with Crippen LogP contribution in [-0.2, 0) is 6.54 Å². The average Bonchev–Trinajstić information content (AvgIpc) is 2.73. The number of halogens is 1. The molecular formula is C15H21ClN2. The van der Waals surface area contributed by atoms with E-state index in [1.807, 2.05) is 12.1 Å². The first kappa shape index (κ1) is 13.4. The van der Waals surface area contributed by atoms with Gasteiger partial charge in [-0.2, -0.15) is 0 Å². The lowest BCUT2D eigenvalue weighted by Gasteiger charge is -2.08. The van der Waals surface area contributed by atoms with Gasteiger partial charge in [0.15, 0.2) is 0 Å². The van der Waals surface area contributed by atoms with E-state index in [-0.39, 0.29) is 0 Å². The van der Waals surface area contributed by atoms with Gasteiger partial charge in [0.05, 0.1) is 0 Å². The third-order valence-corrected chi connectivity index (χ3v) is 3.52. The molecule has 0 radical (unpaired) electrons. The molecule has 0 aliphatic rings. The van der Waals surface area contributed by atoms with Crippen molar-refractivity contribution in [2.45, 2.75) is 26.8 Å². The second kappa shape index (κ2) is 6.26. The minimum absolute atomic E-state index is 0.767. The molecule has 0 aliphatic heterocycles. The van der Waals surface area contributed by atoms with Gasteiger partial charge in [0, 0.05) is 35.2 Å². The predicted molar refractivity (Wildman–Crippen MR) is 79.3 cm³/mol. The van der Waals surface area contributed by atoms with E-state index in [4.69, 9.17) is 11.6 Å². The quantitative estimate of drug-likeness (QED) is 0.783. The summed E-state index contributed by atoms with van der Waals surface area (Å²) in [7, 11) is 0. The number of aromatic nitrogens is 1. The fourth-order valence-corrected chi connectivity index (χ4v) is 2.33. The molecule has 1 heterocycles. The Morgan fingerprint density at radius 2 is 2.06 bits per heavy atom. The fraction of sp³-hybridized carbons (Fsp3) is 0.467. The van der Waals surface area contributed by atoms with E-state index < -0.39 is 0 Å². The Balaban J connectivity index is 1.90. The van der Waals surface area contributed by atoms with Crippen molar-refractivity contribution >= 4 is 22.5 Å². The Labute approximate surface area is 114 Å². The minimum Gasteiger partial charge on any atom is -0.346 e. The van der Waals surface area contributed by atoms with E-state index in [1.165, 1.54) is 11.9 Å². The number of fused-ring (bicyclic) bond motifs is 1. The second-order valence-corrected chi connectivity index (χ2v) is 5.52. The first-order chi connectivity index (χ1) is 8.68. The van der Waals surface area contributed by atoms with Gasteiger partial charge in [-0.05, 0) is 37.1 Å². The zero-order chi connectivity index (χ0) is 13.0. The van der Waals surface area contributed by atoms with Crippen molar-refractivity contribution in [1.82, 2.24) is 9.88 Å². The molecule has 0 amide bonds. The van der Waals surface area contributed by atoms with E-state index in [9.17, 15) is 0 Å². The highest BCUT2D eigenvalue weighted by molar-refractivity contribution is 6.35. The topological polar surface area (TPSA) is 17.0 Å². The van der Waals surface area contributed by atoms with Crippen LogP contribution in [0, 0.1) is 5.92 Å². The van der Waals surface area contributed by atoms with E-state index in [1.54, 1.807) is 0 Å². The molecule has 98 valence electrons. The lowest BCUT2D eigenvalue weighted by molar-refractivity contribution is 0.522. The maximum absolute atomic E-state index is 6.16. The third kappa shape index (κ3) is 3.27. The molecule has 18 heavy (non-hydrogen) atoms. The van der Waals surface area contributed by atoms with Gasteiger partial charge in [-0.15, -0.1) is 0 Å². The van der Waals surface area contributed by atoms with Crippen LogP contribution in [0.3, 0.4) is 0 Å². The standard InChI is InChI=1S/C15H21ClN2/c1-12(2)6-8-17-9-11-18-10-7-13-14(16)4-3-5-15(13)18/h3-5,7,10,12,17H,6,8-9,11H2,1-2H3. The SMILES string of the molecule is CC(C)CCNCCn1ccc2c(Cl)cccc21. The molecule has 2 aromatic rings. The zero-order valence-corrected chi connectivity index (χ0v) is 11.9. The van der Waals surface area contributed by atoms with Crippen LogP contribution in [0.25, 0.3) is 10.9 Å². The van der Waals surface area contributed by atoms with Crippen molar-refractivity contribution in [3.8, 4) is 0 Å². The molecule has 0 saturated carbocycles. The van der Waals surface area contributed by atoms with Crippen molar-refractivity contribution in [1.29, 1.82) is 0 Å². The van der Waals surface area contributed by atoms with E-state index in [0.29, 0.717) is 0 Å². The summed E-state index contributed by atoms with van der Waals surface area (Å²) in [5.41, 5.74) is 1.22. The van der Waals surface area contributed by atoms with E-state index in [2.05, 4.69) is 42.1 Å². The number of benzene rings is 1. The summed E-state index contributed by atoms with van der Waals surface area (Å²) in [6, 6.07) is 8.16. The molecule has 1 aromatic carbocycles. The van der Waals surface area contributed by atoms with E-state index in [0.717, 1.165) is 36.0 Å². The highest BCUT2D eigenvalue weighted by Crippen LogP contribution is 2.23. The summed E-state index contributed by atoms with van der Waals surface area (Å²) < 4.78 is 2.25. The molecule has 0 fully saturated rings. The van der Waals surface area contributed by atoms with Crippen molar-refractivity contribution in [3.63, 3.8) is 0 Å². The summed E-state index contributed by atoms with van der Waals surface area (Å²) >= 11 is 6.16. The van der Waals surface area contributed by atoms with Gasteiger partial charge >= 0.3 is 0 Å². The number of rotatable bonds is 6. The molecule has 2 nitrogen and oxygen atoms in total. The van der Waals surface area contributed by atoms with E-state index >= 15 is 0 Å². The summed E-state index contributed by atoms with van der Waals surface area (Å²) in [5.74, 6) is 0.767. The Morgan fingerprint density at radius 3 is 2.83 bits per heavy atom.